The summed E-state index contributed by atoms with van der Waals surface area (Å²) in [4.78, 5) is 6.58. The summed E-state index contributed by atoms with van der Waals surface area (Å²) in [5.74, 6) is 0.777. The SMILES string of the molecule is CC1CC(C)N(c2ccncc2CN)C1. The molecule has 1 aromatic heterocycles. The molecule has 0 aliphatic carbocycles. The first-order valence-electron chi connectivity index (χ1n) is 5.62. The summed E-state index contributed by atoms with van der Waals surface area (Å²) < 4.78 is 0. The van der Waals surface area contributed by atoms with Crippen molar-refractivity contribution in [1.29, 1.82) is 0 Å². The van der Waals surface area contributed by atoms with Crippen LogP contribution in [0.2, 0.25) is 0 Å². The zero-order valence-corrected chi connectivity index (χ0v) is 9.48. The van der Waals surface area contributed by atoms with Gasteiger partial charge >= 0.3 is 0 Å². The van der Waals surface area contributed by atoms with Crippen LogP contribution < -0.4 is 10.6 Å². The van der Waals surface area contributed by atoms with Crippen molar-refractivity contribution in [3.8, 4) is 0 Å². The Hall–Kier alpha value is -1.09. The summed E-state index contributed by atoms with van der Waals surface area (Å²) in [6.07, 6.45) is 5.00. The van der Waals surface area contributed by atoms with E-state index in [1.165, 1.54) is 12.1 Å². The second-order valence-corrected chi connectivity index (χ2v) is 4.55. The lowest BCUT2D eigenvalue weighted by molar-refractivity contribution is 0.625. The fraction of sp³-hybridized carbons (Fsp3) is 0.583. The Morgan fingerprint density at radius 2 is 2.33 bits per heavy atom. The molecule has 1 aromatic rings. The van der Waals surface area contributed by atoms with Crippen molar-refractivity contribution in [3.63, 3.8) is 0 Å². The van der Waals surface area contributed by atoms with Gasteiger partial charge in [-0.2, -0.15) is 0 Å². The van der Waals surface area contributed by atoms with E-state index in [4.69, 9.17) is 5.73 Å². The number of pyridine rings is 1. The molecule has 1 aliphatic rings. The molecule has 82 valence electrons. The molecule has 0 saturated carbocycles. The van der Waals surface area contributed by atoms with E-state index in [1.54, 1.807) is 0 Å². The van der Waals surface area contributed by atoms with Gasteiger partial charge in [0.05, 0.1) is 0 Å². The van der Waals surface area contributed by atoms with Crippen LogP contribution in [0.3, 0.4) is 0 Å². The van der Waals surface area contributed by atoms with Crippen molar-refractivity contribution in [2.24, 2.45) is 11.7 Å². The number of aromatic nitrogens is 1. The van der Waals surface area contributed by atoms with Crippen LogP contribution >= 0.6 is 0 Å². The minimum atomic E-state index is 0.570. The second-order valence-electron chi connectivity index (χ2n) is 4.55. The average Bonchev–Trinajstić information content (AvgIpc) is 2.57. The standard InChI is InChI=1S/C12H19N3/c1-9-5-10(2)15(8-9)12-3-4-14-7-11(12)6-13/h3-4,7,9-10H,5-6,8,13H2,1-2H3. The quantitative estimate of drug-likeness (QED) is 0.800. The molecule has 2 unspecified atom stereocenters. The Labute approximate surface area is 91.3 Å². The van der Waals surface area contributed by atoms with E-state index in [0.29, 0.717) is 12.6 Å². The highest BCUT2D eigenvalue weighted by molar-refractivity contribution is 5.53. The molecule has 0 amide bonds. The zero-order chi connectivity index (χ0) is 10.8. The van der Waals surface area contributed by atoms with Crippen LogP contribution in [-0.4, -0.2) is 17.6 Å². The molecule has 2 rings (SSSR count). The summed E-state index contributed by atoms with van der Waals surface area (Å²) in [5.41, 5.74) is 8.15. The molecule has 15 heavy (non-hydrogen) atoms. The zero-order valence-electron chi connectivity index (χ0n) is 9.48. The maximum Gasteiger partial charge on any atom is 0.0445 e. The normalized spacial score (nSPS) is 25.9. The fourth-order valence-corrected chi connectivity index (χ4v) is 2.49. The van der Waals surface area contributed by atoms with Crippen LogP contribution in [0.15, 0.2) is 18.5 Å². The molecule has 3 heteroatoms. The summed E-state index contributed by atoms with van der Waals surface area (Å²) in [6.45, 7) is 6.29. The van der Waals surface area contributed by atoms with Crippen LogP contribution in [0.25, 0.3) is 0 Å². The number of hydrogen-bond donors (Lipinski definition) is 1. The summed E-state index contributed by atoms with van der Waals surface area (Å²) in [5, 5.41) is 0. The van der Waals surface area contributed by atoms with Gasteiger partial charge in [-0.1, -0.05) is 6.92 Å². The van der Waals surface area contributed by atoms with Gasteiger partial charge in [-0.05, 0) is 25.3 Å². The van der Waals surface area contributed by atoms with E-state index >= 15 is 0 Å². The van der Waals surface area contributed by atoms with Crippen molar-refractivity contribution < 1.29 is 0 Å². The molecule has 2 N–H and O–H groups in total. The number of nitrogens with zero attached hydrogens (tertiary/aromatic N) is 2. The van der Waals surface area contributed by atoms with Gasteiger partial charge < -0.3 is 10.6 Å². The van der Waals surface area contributed by atoms with Gasteiger partial charge in [0.25, 0.3) is 0 Å². The Kier molecular flexibility index (Phi) is 2.91. The van der Waals surface area contributed by atoms with E-state index in [-0.39, 0.29) is 0 Å². The minimum Gasteiger partial charge on any atom is -0.368 e. The third-order valence-electron chi connectivity index (χ3n) is 3.19. The van der Waals surface area contributed by atoms with Crippen molar-refractivity contribution in [2.75, 3.05) is 11.4 Å². The van der Waals surface area contributed by atoms with E-state index in [0.717, 1.165) is 18.0 Å². The highest BCUT2D eigenvalue weighted by atomic mass is 15.2. The first kappa shape index (κ1) is 10.4. The monoisotopic (exact) mass is 205 g/mol. The molecule has 2 heterocycles. The van der Waals surface area contributed by atoms with Crippen molar-refractivity contribution in [3.05, 3.63) is 24.0 Å². The molecular formula is C12H19N3. The van der Waals surface area contributed by atoms with Gasteiger partial charge in [0, 0.05) is 42.8 Å². The summed E-state index contributed by atoms with van der Waals surface area (Å²) >= 11 is 0. The maximum atomic E-state index is 5.73. The third-order valence-corrected chi connectivity index (χ3v) is 3.19. The Morgan fingerprint density at radius 3 is 2.93 bits per heavy atom. The number of anilines is 1. The molecule has 3 nitrogen and oxygen atoms in total. The number of hydrogen-bond acceptors (Lipinski definition) is 3. The lowest BCUT2D eigenvalue weighted by atomic mass is 10.1. The van der Waals surface area contributed by atoms with E-state index < -0.39 is 0 Å². The molecule has 0 spiro atoms. The van der Waals surface area contributed by atoms with Gasteiger partial charge in [0.1, 0.15) is 0 Å². The van der Waals surface area contributed by atoms with Crippen molar-refractivity contribution in [2.45, 2.75) is 32.9 Å². The highest BCUT2D eigenvalue weighted by Gasteiger charge is 2.27. The molecule has 1 aliphatic heterocycles. The molecular weight excluding hydrogens is 186 g/mol. The molecule has 0 radical (unpaired) electrons. The molecule has 2 atom stereocenters. The van der Waals surface area contributed by atoms with Gasteiger partial charge in [-0.3, -0.25) is 4.98 Å². The highest BCUT2D eigenvalue weighted by Crippen LogP contribution is 2.30. The van der Waals surface area contributed by atoms with Crippen LogP contribution in [-0.2, 0) is 6.54 Å². The van der Waals surface area contributed by atoms with Gasteiger partial charge in [-0.15, -0.1) is 0 Å². The second kappa shape index (κ2) is 4.19. The molecule has 1 fully saturated rings. The van der Waals surface area contributed by atoms with E-state index in [1.807, 2.05) is 12.4 Å². The first-order chi connectivity index (χ1) is 7.22. The topological polar surface area (TPSA) is 42.2 Å². The molecule has 0 aromatic carbocycles. The van der Waals surface area contributed by atoms with Crippen molar-refractivity contribution in [1.82, 2.24) is 4.98 Å². The summed E-state index contributed by atoms with van der Waals surface area (Å²) in [6, 6.07) is 2.70. The van der Waals surface area contributed by atoms with E-state index in [2.05, 4.69) is 29.8 Å². The molecule has 0 bridgehead atoms. The van der Waals surface area contributed by atoms with Crippen LogP contribution in [0.4, 0.5) is 5.69 Å². The lowest BCUT2D eigenvalue weighted by Crippen LogP contribution is -2.28. The van der Waals surface area contributed by atoms with Crippen molar-refractivity contribution >= 4 is 5.69 Å². The van der Waals surface area contributed by atoms with Gasteiger partial charge in [0.15, 0.2) is 0 Å². The number of nitrogens with two attached hydrogens (primary N) is 1. The molecule has 1 saturated heterocycles. The van der Waals surface area contributed by atoms with E-state index in [9.17, 15) is 0 Å². The largest absolute Gasteiger partial charge is 0.368 e. The fourth-order valence-electron chi connectivity index (χ4n) is 2.49. The van der Waals surface area contributed by atoms with Gasteiger partial charge in [0.2, 0.25) is 0 Å². The van der Waals surface area contributed by atoms with Gasteiger partial charge in [-0.25, -0.2) is 0 Å². The minimum absolute atomic E-state index is 0.570. The Morgan fingerprint density at radius 1 is 1.53 bits per heavy atom. The summed E-state index contributed by atoms with van der Waals surface area (Å²) in [7, 11) is 0. The first-order valence-corrected chi connectivity index (χ1v) is 5.62. The number of rotatable bonds is 2. The Bertz CT molecular complexity index is 337. The van der Waals surface area contributed by atoms with Crippen LogP contribution in [0.5, 0.6) is 0 Å². The maximum absolute atomic E-state index is 5.73. The third kappa shape index (κ3) is 1.97. The average molecular weight is 205 g/mol. The predicted octanol–water partition coefficient (Wildman–Crippen LogP) is 1.77. The van der Waals surface area contributed by atoms with Crippen LogP contribution in [0, 0.1) is 5.92 Å². The Balaban J connectivity index is 2.29. The predicted molar refractivity (Wildman–Crippen MR) is 62.7 cm³/mol. The smallest absolute Gasteiger partial charge is 0.0445 e. The lowest BCUT2D eigenvalue weighted by Gasteiger charge is -2.25. The van der Waals surface area contributed by atoms with Crippen LogP contribution in [0.1, 0.15) is 25.8 Å².